The summed E-state index contributed by atoms with van der Waals surface area (Å²) >= 11 is 0. The SMILES string of the molecule is Cc1nccn1CCn1cccc1CN. The third-order valence-electron chi connectivity index (χ3n) is 2.64. The van der Waals surface area contributed by atoms with E-state index in [9.17, 15) is 0 Å². The van der Waals surface area contributed by atoms with Crippen molar-refractivity contribution in [3.63, 3.8) is 0 Å². The van der Waals surface area contributed by atoms with Crippen LogP contribution in [0, 0.1) is 6.92 Å². The maximum absolute atomic E-state index is 5.63. The number of nitrogens with zero attached hydrogens (tertiary/aromatic N) is 3. The molecule has 15 heavy (non-hydrogen) atoms. The number of hydrogen-bond donors (Lipinski definition) is 1. The van der Waals surface area contributed by atoms with Gasteiger partial charge in [-0.1, -0.05) is 0 Å². The number of hydrogen-bond acceptors (Lipinski definition) is 2. The van der Waals surface area contributed by atoms with Crippen LogP contribution in [0.2, 0.25) is 0 Å². The lowest BCUT2D eigenvalue weighted by Crippen LogP contribution is -2.11. The molecular weight excluding hydrogens is 188 g/mol. The van der Waals surface area contributed by atoms with Gasteiger partial charge in [0.05, 0.1) is 0 Å². The van der Waals surface area contributed by atoms with Gasteiger partial charge in [-0.25, -0.2) is 4.98 Å². The van der Waals surface area contributed by atoms with Crippen LogP contribution < -0.4 is 5.73 Å². The molecule has 0 aromatic carbocycles. The van der Waals surface area contributed by atoms with Crippen LogP contribution in [0.1, 0.15) is 11.5 Å². The largest absolute Gasteiger partial charge is 0.348 e. The summed E-state index contributed by atoms with van der Waals surface area (Å²) in [5.74, 6) is 1.05. The Morgan fingerprint density at radius 1 is 1.27 bits per heavy atom. The molecule has 0 saturated carbocycles. The number of aryl methyl sites for hydroxylation is 3. The van der Waals surface area contributed by atoms with Crippen molar-refractivity contribution in [1.29, 1.82) is 0 Å². The van der Waals surface area contributed by atoms with E-state index in [1.807, 2.05) is 25.4 Å². The number of nitrogens with two attached hydrogens (primary N) is 1. The Hall–Kier alpha value is -1.55. The molecule has 0 aliphatic carbocycles. The van der Waals surface area contributed by atoms with Crippen LogP contribution in [-0.2, 0) is 19.6 Å². The number of rotatable bonds is 4. The quantitative estimate of drug-likeness (QED) is 0.812. The van der Waals surface area contributed by atoms with Crippen molar-refractivity contribution in [3.8, 4) is 0 Å². The molecule has 0 spiro atoms. The maximum Gasteiger partial charge on any atom is 0.105 e. The molecule has 0 fully saturated rings. The lowest BCUT2D eigenvalue weighted by atomic mass is 10.4. The third-order valence-corrected chi connectivity index (χ3v) is 2.64. The zero-order valence-corrected chi connectivity index (χ0v) is 8.93. The van der Waals surface area contributed by atoms with Crippen LogP contribution in [0.3, 0.4) is 0 Å². The molecule has 2 aromatic heterocycles. The summed E-state index contributed by atoms with van der Waals surface area (Å²) in [5.41, 5.74) is 6.81. The fourth-order valence-electron chi connectivity index (χ4n) is 1.71. The lowest BCUT2D eigenvalue weighted by molar-refractivity contribution is 0.555. The second kappa shape index (κ2) is 4.31. The van der Waals surface area contributed by atoms with E-state index in [4.69, 9.17) is 5.73 Å². The molecule has 2 heterocycles. The molecule has 0 bridgehead atoms. The zero-order chi connectivity index (χ0) is 10.7. The summed E-state index contributed by atoms with van der Waals surface area (Å²) in [6.45, 7) is 4.49. The minimum atomic E-state index is 0.593. The van der Waals surface area contributed by atoms with Crippen LogP contribution >= 0.6 is 0 Å². The molecule has 0 atom stereocenters. The molecule has 80 valence electrons. The monoisotopic (exact) mass is 204 g/mol. The van der Waals surface area contributed by atoms with E-state index in [1.54, 1.807) is 0 Å². The summed E-state index contributed by atoms with van der Waals surface area (Å²) < 4.78 is 4.32. The van der Waals surface area contributed by atoms with Gasteiger partial charge in [-0.15, -0.1) is 0 Å². The van der Waals surface area contributed by atoms with Crippen molar-refractivity contribution >= 4 is 0 Å². The smallest absolute Gasteiger partial charge is 0.105 e. The first kappa shape index (κ1) is 9.98. The van der Waals surface area contributed by atoms with E-state index in [1.165, 1.54) is 5.69 Å². The highest BCUT2D eigenvalue weighted by molar-refractivity contribution is 5.06. The second-order valence-electron chi connectivity index (χ2n) is 3.56. The lowest BCUT2D eigenvalue weighted by Gasteiger charge is -2.09. The Labute approximate surface area is 89.3 Å². The fraction of sp³-hybridized carbons (Fsp3) is 0.364. The average Bonchev–Trinajstić information content (AvgIpc) is 2.83. The molecule has 0 aliphatic rings. The van der Waals surface area contributed by atoms with Gasteiger partial charge in [-0.2, -0.15) is 0 Å². The van der Waals surface area contributed by atoms with Crippen molar-refractivity contribution in [2.75, 3.05) is 0 Å². The molecule has 4 nitrogen and oxygen atoms in total. The van der Waals surface area contributed by atoms with Crippen LogP contribution in [0.5, 0.6) is 0 Å². The average molecular weight is 204 g/mol. The van der Waals surface area contributed by atoms with Gasteiger partial charge >= 0.3 is 0 Å². The minimum Gasteiger partial charge on any atom is -0.348 e. The standard InChI is InChI=1S/C11H16N4/c1-10-13-4-6-14(10)7-8-15-5-2-3-11(15)9-12/h2-6H,7-9,12H2,1H3. The minimum absolute atomic E-state index is 0.593. The summed E-state index contributed by atoms with van der Waals surface area (Å²) in [6.07, 6.45) is 5.89. The van der Waals surface area contributed by atoms with Crippen molar-refractivity contribution < 1.29 is 0 Å². The fourth-order valence-corrected chi connectivity index (χ4v) is 1.71. The van der Waals surface area contributed by atoms with Gasteiger partial charge in [0.15, 0.2) is 0 Å². The molecule has 2 aromatic rings. The van der Waals surface area contributed by atoms with E-state index in [-0.39, 0.29) is 0 Å². The van der Waals surface area contributed by atoms with Gasteiger partial charge < -0.3 is 14.9 Å². The molecule has 0 amide bonds. The van der Waals surface area contributed by atoms with E-state index < -0.39 is 0 Å². The van der Waals surface area contributed by atoms with Gasteiger partial charge in [-0.05, 0) is 19.1 Å². The van der Waals surface area contributed by atoms with Gasteiger partial charge in [0.25, 0.3) is 0 Å². The Morgan fingerprint density at radius 3 is 2.73 bits per heavy atom. The zero-order valence-electron chi connectivity index (χ0n) is 8.93. The number of imidazole rings is 1. The molecule has 4 heteroatoms. The van der Waals surface area contributed by atoms with E-state index in [0.717, 1.165) is 18.9 Å². The van der Waals surface area contributed by atoms with Crippen molar-refractivity contribution in [2.24, 2.45) is 5.73 Å². The Kier molecular flexibility index (Phi) is 2.87. The molecule has 0 radical (unpaired) electrons. The highest BCUT2D eigenvalue weighted by Gasteiger charge is 2.00. The Balaban J connectivity index is 2.02. The summed E-state index contributed by atoms with van der Waals surface area (Å²) in [4.78, 5) is 4.19. The van der Waals surface area contributed by atoms with E-state index >= 15 is 0 Å². The van der Waals surface area contributed by atoms with Gasteiger partial charge in [0, 0.05) is 43.9 Å². The molecule has 0 aliphatic heterocycles. The van der Waals surface area contributed by atoms with Gasteiger partial charge in [0.2, 0.25) is 0 Å². The Morgan fingerprint density at radius 2 is 2.07 bits per heavy atom. The van der Waals surface area contributed by atoms with Crippen LogP contribution in [0.4, 0.5) is 0 Å². The van der Waals surface area contributed by atoms with Crippen molar-refractivity contribution in [1.82, 2.24) is 14.1 Å². The van der Waals surface area contributed by atoms with Crippen LogP contribution in [-0.4, -0.2) is 14.1 Å². The van der Waals surface area contributed by atoms with Crippen molar-refractivity contribution in [2.45, 2.75) is 26.6 Å². The molecule has 2 rings (SSSR count). The van der Waals surface area contributed by atoms with Gasteiger partial charge in [0.1, 0.15) is 5.82 Å². The molecular formula is C11H16N4. The molecule has 2 N–H and O–H groups in total. The second-order valence-corrected chi connectivity index (χ2v) is 3.56. The van der Waals surface area contributed by atoms with E-state index in [2.05, 4.69) is 26.4 Å². The first-order valence-corrected chi connectivity index (χ1v) is 5.13. The Bertz CT molecular complexity index is 427. The van der Waals surface area contributed by atoms with Crippen LogP contribution in [0.15, 0.2) is 30.7 Å². The van der Waals surface area contributed by atoms with Crippen LogP contribution in [0.25, 0.3) is 0 Å². The normalized spacial score (nSPS) is 10.8. The number of aromatic nitrogens is 3. The highest BCUT2D eigenvalue weighted by Crippen LogP contribution is 2.03. The van der Waals surface area contributed by atoms with E-state index in [0.29, 0.717) is 6.54 Å². The molecule has 0 saturated heterocycles. The molecule has 0 unspecified atom stereocenters. The third kappa shape index (κ3) is 2.10. The predicted molar refractivity (Wildman–Crippen MR) is 59.3 cm³/mol. The van der Waals surface area contributed by atoms with Crippen molar-refractivity contribution in [3.05, 3.63) is 42.2 Å². The highest BCUT2D eigenvalue weighted by atomic mass is 15.1. The first-order valence-electron chi connectivity index (χ1n) is 5.13. The first-order chi connectivity index (χ1) is 7.31. The topological polar surface area (TPSA) is 48.8 Å². The van der Waals surface area contributed by atoms with Gasteiger partial charge in [-0.3, -0.25) is 0 Å². The summed E-state index contributed by atoms with van der Waals surface area (Å²) in [6, 6.07) is 4.09. The summed E-state index contributed by atoms with van der Waals surface area (Å²) in [5, 5.41) is 0. The maximum atomic E-state index is 5.63. The predicted octanol–water partition coefficient (Wildman–Crippen LogP) is 1.15. The summed E-state index contributed by atoms with van der Waals surface area (Å²) in [7, 11) is 0.